The Balaban J connectivity index is 2.46. The molecule has 0 saturated carbocycles. The predicted octanol–water partition coefficient (Wildman–Crippen LogP) is 2.34. The number of nitrogens with one attached hydrogen (secondary N) is 1. The van der Waals surface area contributed by atoms with E-state index in [-0.39, 0.29) is 0 Å². The number of carboxylic acids is 1. The van der Waals surface area contributed by atoms with Crippen LogP contribution in [0.25, 0.3) is 0 Å². The zero-order chi connectivity index (χ0) is 10.4. The van der Waals surface area contributed by atoms with Crippen LogP contribution in [0.1, 0.15) is 0 Å². The molecule has 0 aromatic heterocycles. The zero-order valence-corrected chi connectivity index (χ0v) is 9.56. The maximum atomic E-state index is 10.2. The molecule has 74 valence electrons. The van der Waals surface area contributed by atoms with Gasteiger partial charge in [0.25, 0.3) is 0 Å². The number of hydrogen-bond donors (Lipinski definition) is 2. The smallest absolute Gasteiger partial charge is 0.328 e. The van der Waals surface area contributed by atoms with Crippen molar-refractivity contribution < 1.29 is 9.90 Å². The van der Waals surface area contributed by atoms with Gasteiger partial charge in [-0.1, -0.05) is 18.2 Å². The maximum Gasteiger partial charge on any atom is 0.328 e. The fraction of sp³-hybridized carbons (Fsp3) is 0.100. The molecule has 0 bridgehead atoms. The van der Waals surface area contributed by atoms with E-state index in [1.807, 2.05) is 24.3 Å². The van der Waals surface area contributed by atoms with Crippen LogP contribution >= 0.6 is 22.6 Å². The van der Waals surface area contributed by atoms with E-state index in [2.05, 4.69) is 27.9 Å². The molecule has 0 amide bonds. The van der Waals surface area contributed by atoms with Gasteiger partial charge in [0, 0.05) is 21.9 Å². The molecule has 0 heterocycles. The first-order valence-electron chi connectivity index (χ1n) is 4.08. The number of benzene rings is 1. The molecule has 1 aromatic carbocycles. The van der Waals surface area contributed by atoms with E-state index in [1.54, 1.807) is 6.08 Å². The average molecular weight is 303 g/mol. The highest BCUT2D eigenvalue weighted by Crippen LogP contribution is 2.16. The molecule has 0 saturated heterocycles. The van der Waals surface area contributed by atoms with Crippen molar-refractivity contribution in [1.82, 2.24) is 0 Å². The molecule has 0 fully saturated rings. The Morgan fingerprint density at radius 3 is 2.86 bits per heavy atom. The molecule has 14 heavy (non-hydrogen) atoms. The van der Waals surface area contributed by atoms with Gasteiger partial charge in [-0.25, -0.2) is 4.79 Å². The van der Waals surface area contributed by atoms with E-state index in [1.165, 1.54) is 0 Å². The lowest BCUT2D eigenvalue weighted by molar-refractivity contribution is -0.131. The fourth-order valence-corrected chi connectivity index (χ4v) is 1.51. The first kappa shape index (κ1) is 11.0. The van der Waals surface area contributed by atoms with Crippen molar-refractivity contribution in [2.75, 3.05) is 11.9 Å². The monoisotopic (exact) mass is 303 g/mol. The highest BCUT2D eigenvalue weighted by molar-refractivity contribution is 14.1. The normalized spacial score (nSPS) is 10.4. The molecule has 0 aliphatic heterocycles. The Hall–Kier alpha value is -1.04. The van der Waals surface area contributed by atoms with Crippen molar-refractivity contribution in [2.45, 2.75) is 0 Å². The van der Waals surface area contributed by atoms with Gasteiger partial charge in [-0.2, -0.15) is 0 Å². The minimum Gasteiger partial charge on any atom is -0.478 e. The minimum absolute atomic E-state index is 0.520. The van der Waals surface area contributed by atoms with Gasteiger partial charge in [-0.05, 0) is 34.7 Å². The predicted molar refractivity (Wildman–Crippen MR) is 64.4 cm³/mol. The second-order valence-corrected chi connectivity index (χ2v) is 3.76. The summed E-state index contributed by atoms with van der Waals surface area (Å²) in [7, 11) is 0. The van der Waals surface area contributed by atoms with E-state index >= 15 is 0 Å². The number of carboxylic acid groups (broad SMARTS) is 1. The number of anilines is 1. The molecule has 0 aliphatic rings. The van der Waals surface area contributed by atoms with Gasteiger partial charge in [-0.15, -0.1) is 0 Å². The highest BCUT2D eigenvalue weighted by atomic mass is 127. The summed E-state index contributed by atoms with van der Waals surface area (Å²) in [6.07, 6.45) is 2.70. The van der Waals surface area contributed by atoms with Crippen LogP contribution in [0, 0.1) is 3.57 Å². The summed E-state index contributed by atoms with van der Waals surface area (Å²) < 4.78 is 1.12. The van der Waals surface area contributed by atoms with Gasteiger partial charge in [-0.3, -0.25) is 0 Å². The van der Waals surface area contributed by atoms with Gasteiger partial charge in [0.15, 0.2) is 0 Å². The minimum atomic E-state index is -0.922. The number of carbonyl (C=O) groups is 1. The summed E-state index contributed by atoms with van der Waals surface area (Å²) >= 11 is 2.22. The van der Waals surface area contributed by atoms with Gasteiger partial charge in [0.2, 0.25) is 0 Å². The molecule has 0 atom stereocenters. The summed E-state index contributed by atoms with van der Waals surface area (Å²) in [6.45, 7) is 0.520. The van der Waals surface area contributed by atoms with Crippen molar-refractivity contribution in [2.24, 2.45) is 0 Å². The van der Waals surface area contributed by atoms with Gasteiger partial charge in [0.1, 0.15) is 0 Å². The third-order valence-electron chi connectivity index (χ3n) is 1.54. The molecule has 3 nitrogen and oxygen atoms in total. The molecule has 0 aliphatic carbocycles. The third-order valence-corrected chi connectivity index (χ3v) is 2.49. The Morgan fingerprint density at radius 2 is 2.21 bits per heavy atom. The lowest BCUT2D eigenvalue weighted by Gasteiger charge is -2.04. The van der Waals surface area contributed by atoms with E-state index in [0.717, 1.165) is 15.3 Å². The molecule has 0 unspecified atom stereocenters. The molecular formula is C10H10INO2. The molecule has 1 rings (SSSR count). The third kappa shape index (κ3) is 3.78. The highest BCUT2D eigenvalue weighted by Gasteiger charge is 1.94. The largest absolute Gasteiger partial charge is 0.478 e. The van der Waals surface area contributed by atoms with Crippen molar-refractivity contribution in [1.29, 1.82) is 0 Å². The lowest BCUT2D eigenvalue weighted by Crippen LogP contribution is -2.00. The van der Waals surface area contributed by atoms with E-state index in [4.69, 9.17) is 5.11 Å². The van der Waals surface area contributed by atoms with Crippen LogP contribution in [-0.2, 0) is 4.79 Å². The SMILES string of the molecule is O=C(O)/C=C/CNc1ccccc1I. The molecule has 1 aromatic rings. The van der Waals surface area contributed by atoms with E-state index in [9.17, 15) is 4.79 Å². The van der Waals surface area contributed by atoms with E-state index < -0.39 is 5.97 Å². The second-order valence-electron chi connectivity index (χ2n) is 2.60. The van der Waals surface area contributed by atoms with Crippen LogP contribution < -0.4 is 5.32 Å². The van der Waals surface area contributed by atoms with Crippen molar-refractivity contribution in [3.63, 3.8) is 0 Å². The number of halogens is 1. The van der Waals surface area contributed by atoms with Crippen LogP contribution in [0.4, 0.5) is 5.69 Å². The van der Waals surface area contributed by atoms with Gasteiger partial charge < -0.3 is 10.4 Å². The molecule has 0 spiro atoms. The number of rotatable bonds is 4. The summed E-state index contributed by atoms with van der Waals surface area (Å²) in [5.74, 6) is -0.922. The Bertz CT molecular complexity index is 350. The van der Waals surface area contributed by atoms with Crippen LogP contribution in [0.3, 0.4) is 0 Å². The Labute approximate surface area is 96.0 Å². The zero-order valence-electron chi connectivity index (χ0n) is 7.40. The molecule has 0 radical (unpaired) electrons. The summed E-state index contributed by atoms with van der Waals surface area (Å²) in [4.78, 5) is 10.2. The van der Waals surface area contributed by atoms with Crippen LogP contribution in [0.5, 0.6) is 0 Å². The van der Waals surface area contributed by atoms with Crippen LogP contribution in [-0.4, -0.2) is 17.6 Å². The van der Waals surface area contributed by atoms with Crippen LogP contribution in [0.2, 0.25) is 0 Å². The van der Waals surface area contributed by atoms with E-state index in [0.29, 0.717) is 6.54 Å². The maximum absolute atomic E-state index is 10.2. The second kappa shape index (κ2) is 5.64. The van der Waals surface area contributed by atoms with Gasteiger partial charge in [0.05, 0.1) is 0 Å². The topological polar surface area (TPSA) is 49.3 Å². The first-order valence-corrected chi connectivity index (χ1v) is 5.16. The Kier molecular flexibility index (Phi) is 4.45. The number of hydrogen-bond acceptors (Lipinski definition) is 2. The summed E-state index contributed by atoms with van der Waals surface area (Å²) in [5, 5.41) is 11.5. The van der Waals surface area contributed by atoms with Crippen molar-refractivity contribution in [3.8, 4) is 0 Å². The molecule has 4 heteroatoms. The number of para-hydroxylation sites is 1. The molecule has 2 N–H and O–H groups in total. The lowest BCUT2D eigenvalue weighted by atomic mass is 10.3. The Morgan fingerprint density at radius 1 is 1.50 bits per heavy atom. The van der Waals surface area contributed by atoms with Crippen LogP contribution in [0.15, 0.2) is 36.4 Å². The quantitative estimate of drug-likeness (QED) is 0.663. The van der Waals surface area contributed by atoms with Crippen molar-refractivity contribution >= 4 is 34.2 Å². The number of aliphatic carboxylic acids is 1. The average Bonchev–Trinajstić information content (AvgIpc) is 2.15. The standard InChI is InChI=1S/C10H10INO2/c11-8-4-1-2-5-9(8)12-7-3-6-10(13)14/h1-6,12H,7H2,(H,13,14)/b6-3+. The summed E-state index contributed by atoms with van der Waals surface area (Å²) in [6, 6.07) is 7.84. The van der Waals surface area contributed by atoms with Gasteiger partial charge >= 0.3 is 5.97 Å². The summed E-state index contributed by atoms with van der Waals surface area (Å²) in [5.41, 5.74) is 1.02. The molecular weight excluding hydrogens is 293 g/mol. The fourth-order valence-electron chi connectivity index (χ4n) is 0.933. The first-order chi connectivity index (χ1) is 6.70. The van der Waals surface area contributed by atoms with Crippen molar-refractivity contribution in [3.05, 3.63) is 40.0 Å².